The largest absolute Gasteiger partial charge is 0.379 e. The molecular weight excluding hydrogens is 498 g/mol. The third-order valence-electron chi connectivity index (χ3n) is 7.24. The van der Waals surface area contributed by atoms with E-state index < -0.39 is 16.3 Å². The van der Waals surface area contributed by atoms with Crippen LogP contribution in [0.5, 0.6) is 0 Å². The van der Waals surface area contributed by atoms with E-state index >= 15 is 0 Å². The van der Waals surface area contributed by atoms with Crippen LogP contribution in [0.3, 0.4) is 0 Å². The predicted octanol–water partition coefficient (Wildman–Crippen LogP) is 6.58. The van der Waals surface area contributed by atoms with Crippen LogP contribution in [-0.4, -0.2) is 53.0 Å². The van der Waals surface area contributed by atoms with Gasteiger partial charge in [-0.05, 0) is 67.0 Å². The molecule has 196 valence electrons. The zero-order chi connectivity index (χ0) is 26.6. The SMILES string of the molecule is CC(C)c1cccc2c1Cc1ccccc1S2=O.CSc1ccc(C(=O)C(C)(C)N2CCOCC2)cc1. The fraction of sp³-hybridized carbons (Fsp3) is 0.387. The lowest BCUT2D eigenvalue weighted by Crippen LogP contribution is -2.54. The molecule has 5 rings (SSSR count). The summed E-state index contributed by atoms with van der Waals surface area (Å²) in [5, 5.41) is 0. The van der Waals surface area contributed by atoms with E-state index in [1.54, 1.807) is 11.8 Å². The summed E-state index contributed by atoms with van der Waals surface area (Å²) >= 11 is 1.69. The summed E-state index contributed by atoms with van der Waals surface area (Å²) < 4.78 is 17.9. The molecule has 0 aromatic heterocycles. The standard InChI is InChI=1S/C16H16OS.C15H21NO2S/c1-11(2)13-7-5-9-16-14(13)10-12-6-3-4-8-15(12)18(16)17;1-15(2,16-8-10-18-11-9-16)14(17)12-4-6-13(19-3)7-5-12/h3-9,11H,10H2,1-2H3;4-7H,8-11H2,1-3H3. The van der Waals surface area contributed by atoms with Crippen LogP contribution in [0.25, 0.3) is 0 Å². The van der Waals surface area contributed by atoms with Gasteiger partial charge in [0.2, 0.25) is 0 Å². The molecule has 1 atom stereocenters. The highest BCUT2D eigenvalue weighted by Gasteiger charge is 2.35. The van der Waals surface area contributed by atoms with Gasteiger partial charge in [-0.2, -0.15) is 0 Å². The first-order valence-corrected chi connectivity index (χ1v) is 15.2. The second kappa shape index (κ2) is 12.1. The molecule has 6 heteroatoms. The maximum atomic E-state index is 12.7. The highest BCUT2D eigenvalue weighted by atomic mass is 32.2. The number of thioether (sulfide) groups is 1. The third kappa shape index (κ3) is 6.09. The molecule has 1 fully saturated rings. The molecule has 0 saturated carbocycles. The summed E-state index contributed by atoms with van der Waals surface area (Å²) in [6.45, 7) is 11.5. The lowest BCUT2D eigenvalue weighted by Gasteiger charge is -2.39. The maximum Gasteiger partial charge on any atom is 0.182 e. The van der Waals surface area contributed by atoms with Crippen LogP contribution in [0.15, 0.2) is 81.4 Å². The van der Waals surface area contributed by atoms with Gasteiger partial charge in [0.05, 0.1) is 29.6 Å². The van der Waals surface area contributed by atoms with Crippen molar-refractivity contribution in [3.05, 3.63) is 89.0 Å². The maximum absolute atomic E-state index is 12.7. The Hall–Kier alpha value is -2.25. The monoisotopic (exact) mass is 535 g/mol. The van der Waals surface area contributed by atoms with Gasteiger partial charge in [-0.1, -0.05) is 56.3 Å². The minimum atomic E-state index is -1.02. The van der Waals surface area contributed by atoms with Gasteiger partial charge in [-0.3, -0.25) is 9.69 Å². The molecule has 0 radical (unpaired) electrons. The molecule has 3 aromatic carbocycles. The number of morpholine rings is 1. The van der Waals surface area contributed by atoms with Crippen LogP contribution in [-0.2, 0) is 22.0 Å². The molecule has 0 spiro atoms. The number of benzene rings is 3. The van der Waals surface area contributed by atoms with E-state index in [1.165, 1.54) is 21.6 Å². The van der Waals surface area contributed by atoms with Crippen molar-refractivity contribution in [3.63, 3.8) is 0 Å². The fourth-order valence-electron chi connectivity index (χ4n) is 4.99. The van der Waals surface area contributed by atoms with Crippen LogP contribution in [0.2, 0.25) is 0 Å². The number of ketones is 1. The molecule has 37 heavy (non-hydrogen) atoms. The Bertz CT molecular complexity index is 1260. The minimum Gasteiger partial charge on any atom is -0.379 e. The number of hydrogen-bond acceptors (Lipinski definition) is 5. The number of carbonyl (C=O) groups excluding carboxylic acids is 1. The summed E-state index contributed by atoms with van der Waals surface area (Å²) in [4.78, 5) is 18.0. The number of ether oxygens (including phenoxy) is 1. The minimum absolute atomic E-state index is 0.182. The zero-order valence-corrected chi connectivity index (χ0v) is 24.1. The first-order chi connectivity index (χ1) is 17.7. The molecule has 0 bridgehead atoms. The van der Waals surface area contributed by atoms with E-state index in [2.05, 4.69) is 30.9 Å². The van der Waals surface area contributed by atoms with Crippen LogP contribution in [0, 0.1) is 0 Å². The molecule has 0 amide bonds. The molecule has 2 aliphatic heterocycles. The molecule has 0 aliphatic carbocycles. The van der Waals surface area contributed by atoms with Gasteiger partial charge in [-0.15, -0.1) is 11.8 Å². The van der Waals surface area contributed by atoms with E-state index in [4.69, 9.17) is 4.74 Å². The number of Topliss-reactive ketones (excluding diaryl/α,β-unsaturated/α-hetero) is 1. The number of hydrogen-bond donors (Lipinski definition) is 0. The number of fused-ring (bicyclic) bond motifs is 2. The van der Waals surface area contributed by atoms with E-state index in [-0.39, 0.29) is 5.78 Å². The van der Waals surface area contributed by atoms with Gasteiger partial charge in [-0.25, -0.2) is 4.21 Å². The van der Waals surface area contributed by atoms with Crippen LogP contribution >= 0.6 is 11.8 Å². The normalized spacial score (nSPS) is 17.4. The second-order valence-corrected chi connectivity index (χ2v) is 12.5. The zero-order valence-electron chi connectivity index (χ0n) is 22.5. The molecular formula is C31H37NO3S2. The molecule has 0 N–H and O–H groups in total. The Morgan fingerprint density at radius 1 is 0.946 bits per heavy atom. The fourth-order valence-corrected chi connectivity index (χ4v) is 6.83. The Morgan fingerprint density at radius 2 is 1.59 bits per heavy atom. The van der Waals surface area contributed by atoms with Crippen molar-refractivity contribution in [3.8, 4) is 0 Å². The summed E-state index contributed by atoms with van der Waals surface area (Å²) in [5.74, 6) is 0.657. The topological polar surface area (TPSA) is 46.6 Å². The Balaban J connectivity index is 0.000000173. The van der Waals surface area contributed by atoms with E-state index in [1.807, 2.05) is 74.7 Å². The smallest absolute Gasteiger partial charge is 0.182 e. The van der Waals surface area contributed by atoms with Crippen molar-refractivity contribution in [1.82, 2.24) is 4.90 Å². The number of rotatable bonds is 5. The van der Waals surface area contributed by atoms with Crippen LogP contribution < -0.4 is 0 Å². The molecule has 3 aromatic rings. The molecule has 1 saturated heterocycles. The first kappa shape index (κ1) is 27.8. The van der Waals surface area contributed by atoms with E-state index in [0.717, 1.165) is 34.9 Å². The Morgan fingerprint density at radius 3 is 2.24 bits per heavy atom. The number of carbonyl (C=O) groups is 1. The Labute approximate surface area is 228 Å². The highest BCUT2D eigenvalue weighted by Crippen LogP contribution is 2.35. The average Bonchev–Trinajstić information content (AvgIpc) is 2.93. The quantitative estimate of drug-likeness (QED) is 0.213. The van der Waals surface area contributed by atoms with Gasteiger partial charge in [0.1, 0.15) is 0 Å². The molecule has 2 aliphatic rings. The third-order valence-corrected chi connectivity index (χ3v) is 9.56. The highest BCUT2D eigenvalue weighted by molar-refractivity contribution is 7.98. The summed E-state index contributed by atoms with van der Waals surface area (Å²) in [6, 6.07) is 22.1. The van der Waals surface area contributed by atoms with Crippen molar-refractivity contribution < 1.29 is 13.7 Å². The lowest BCUT2D eigenvalue weighted by atomic mass is 9.91. The van der Waals surface area contributed by atoms with Crippen molar-refractivity contribution in [1.29, 1.82) is 0 Å². The van der Waals surface area contributed by atoms with Gasteiger partial charge < -0.3 is 4.74 Å². The summed E-state index contributed by atoms with van der Waals surface area (Å²) in [7, 11) is -1.02. The van der Waals surface area contributed by atoms with E-state index in [9.17, 15) is 9.00 Å². The van der Waals surface area contributed by atoms with Gasteiger partial charge >= 0.3 is 0 Å². The summed E-state index contributed by atoms with van der Waals surface area (Å²) in [6.07, 6.45) is 2.94. The van der Waals surface area contributed by atoms with Gasteiger partial charge in [0.15, 0.2) is 5.78 Å². The average molecular weight is 536 g/mol. The molecule has 1 unspecified atom stereocenters. The van der Waals surface area contributed by atoms with Crippen LogP contribution in [0.4, 0.5) is 0 Å². The van der Waals surface area contributed by atoms with Crippen molar-refractivity contribution in [2.24, 2.45) is 0 Å². The Kier molecular flexibility index (Phi) is 9.07. The second-order valence-electron chi connectivity index (χ2n) is 10.2. The van der Waals surface area contributed by atoms with Gasteiger partial charge in [0.25, 0.3) is 0 Å². The first-order valence-electron chi connectivity index (χ1n) is 12.9. The van der Waals surface area contributed by atoms with E-state index in [0.29, 0.717) is 19.1 Å². The molecule has 2 heterocycles. The molecule has 4 nitrogen and oxygen atoms in total. The van der Waals surface area contributed by atoms with Crippen molar-refractivity contribution in [2.45, 2.75) is 60.3 Å². The van der Waals surface area contributed by atoms with Crippen molar-refractivity contribution >= 4 is 28.3 Å². The number of nitrogens with zero attached hydrogens (tertiary/aromatic N) is 1. The lowest BCUT2D eigenvalue weighted by molar-refractivity contribution is -0.00430. The van der Waals surface area contributed by atoms with Crippen LogP contribution in [0.1, 0.15) is 60.7 Å². The summed E-state index contributed by atoms with van der Waals surface area (Å²) in [5.41, 5.74) is 4.12. The van der Waals surface area contributed by atoms with Crippen molar-refractivity contribution in [2.75, 3.05) is 32.6 Å². The van der Waals surface area contributed by atoms with Gasteiger partial charge in [0, 0.05) is 39.8 Å². The predicted molar refractivity (Wildman–Crippen MR) is 153 cm³/mol.